The lowest BCUT2D eigenvalue weighted by Gasteiger charge is -2.19. The maximum absolute atomic E-state index is 13.0. The van der Waals surface area contributed by atoms with E-state index in [1.807, 2.05) is 54.6 Å². The van der Waals surface area contributed by atoms with Crippen molar-refractivity contribution >= 4 is 17.8 Å². The number of carboxylic acid groups (broad SMARTS) is 2. The van der Waals surface area contributed by atoms with Gasteiger partial charge in [0.15, 0.2) is 0 Å². The van der Waals surface area contributed by atoms with E-state index in [1.54, 1.807) is 0 Å². The average Bonchev–Trinajstić information content (AvgIpc) is 2.90. The van der Waals surface area contributed by atoms with Crippen molar-refractivity contribution in [3.05, 3.63) is 95.8 Å². The molecule has 0 bridgehead atoms. The molecule has 3 aromatic carbocycles. The van der Waals surface area contributed by atoms with E-state index in [0.717, 1.165) is 16.7 Å². The smallest absolute Gasteiger partial charge is 0.481 e. The molecule has 0 radical (unpaired) electrons. The molecule has 3 aromatic rings. The number of alkyl halides is 3. The lowest BCUT2D eigenvalue weighted by Crippen LogP contribution is -2.33. The number of carboxylic acids is 2. The fraction of sp³-hybridized carbons (Fsp3) is 0.250. The minimum atomic E-state index is -5.08. The van der Waals surface area contributed by atoms with E-state index in [4.69, 9.17) is 9.90 Å². The van der Waals surface area contributed by atoms with E-state index < -0.39 is 41.9 Å². The van der Waals surface area contributed by atoms with E-state index in [-0.39, 0.29) is 18.5 Å². The standard InChI is InChI=1S/C26H26FNO4.C2HF3O2/c27-22-13-11-21(12-14-22)25(30)28-17-16-23(26(31)32)24(29)15-8-18-6-9-20(10-7-18)19-4-2-1-3-5-19;3-2(4,5)1(6)7/h1-7,9-14,23-24,29H,8,15-17H2,(H,28,30)(H,31,32);(H,6,7). The molecule has 208 valence electrons. The predicted octanol–water partition coefficient (Wildman–Crippen LogP) is 4.94. The molecule has 0 heterocycles. The highest BCUT2D eigenvalue weighted by molar-refractivity contribution is 5.94. The Labute approximate surface area is 221 Å². The zero-order valence-electron chi connectivity index (χ0n) is 20.6. The number of benzene rings is 3. The van der Waals surface area contributed by atoms with Crippen LogP contribution in [-0.2, 0) is 16.0 Å². The second-order valence-electron chi connectivity index (χ2n) is 8.47. The van der Waals surface area contributed by atoms with Crippen molar-refractivity contribution in [2.24, 2.45) is 5.92 Å². The topological polar surface area (TPSA) is 124 Å². The van der Waals surface area contributed by atoms with E-state index in [1.165, 1.54) is 24.3 Å². The Balaban J connectivity index is 0.000000673. The van der Waals surface area contributed by atoms with Crippen LogP contribution < -0.4 is 5.32 Å². The maximum atomic E-state index is 13.0. The number of hydrogen-bond donors (Lipinski definition) is 4. The fourth-order valence-corrected chi connectivity index (χ4v) is 3.54. The largest absolute Gasteiger partial charge is 0.490 e. The Hall–Kier alpha value is -4.25. The Kier molecular flexibility index (Phi) is 11.6. The van der Waals surface area contributed by atoms with Crippen molar-refractivity contribution in [3.63, 3.8) is 0 Å². The minimum Gasteiger partial charge on any atom is -0.481 e. The molecule has 0 saturated heterocycles. The van der Waals surface area contributed by atoms with E-state index in [2.05, 4.69) is 5.32 Å². The number of aliphatic carboxylic acids is 2. The predicted molar refractivity (Wildman–Crippen MR) is 134 cm³/mol. The van der Waals surface area contributed by atoms with Crippen molar-refractivity contribution in [2.75, 3.05) is 6.54 Å². The van der Waals surface area contributed by atoms with Gasteiger partial charge in [0.1, 0.15) is 5.82 Å². The highest BCUT2D eigenvalue weighted by Gasteiger charge is 2.38. The molecule has 7 nitrogen and oxygen atoms in total. The van der Waals surface area contributed by atoms with E-state index in [9.17, 15) is 37.4 Å². The summed E-state index contributed by atoms with van der Waals surface area (Å²) < 4.78 is 44.7. The van der Waals surface area contributed by atoms with Gasteiger partial charge in [-0.2, -0.15) is 13.2 Å². The van der Waals surface area contributed by atoms with E-state index >= 15 is 0 Å². The third-order valence-corrected chi connectivity index (χ3v) is 5.66. The zero-order valence-corrected chi connectivity index (χ0v) is 20.6. The molecule has 0 spiro atoms. The van der Waals surface area contributed by atoms with Crippen LogP contribution in [0.1, 0.15) is 28.8 Å². The molecule has 0 aromatic heterocycles. The molecule has 2 atom stereocenters. The summed E-state index contributed by atoms with van der Waals surface area (Å²) in [6.07, 6.45) is -5.18. The summed E-state index contributed by atoms with van der Waals surface area (Å²) in [4.78, 5) is 32.6. The lowest BCUT2D eigenvalue weighted by molar-refractivity contribution is -0.192. The van der Waals surface area contributed by atoms with Gasteiger partial charge in [-0.05, 0) is 60.2 Å². The molecule has 3 rings (SSSR count). The Morgan fingerprint density at radius 1 is 0.795 bits per heavy atom. The molecule has 0 aliphatic rings. The summed E-state index contributed by atoms with van der Waals surface area (Å²) in [5.74, 6) is -5.71. The summed E-state index contributed by atoms with van der Waals surface area (Å²) in [6.45, 7) is 0.0933. The Morgan fingerprint density at radius 2 is 1.33 bits per heavy atom. The molecule has 4 N–H and O–H groups in total. The van der Waals surface area contributed by atoms with Crippen molar-refractivity contribution in [1.29, 1.82) is 0 Å². The van der Waals surface area contributed by atoms with Crippen molar-refractivity contribution in [3.8, 4) is 11.1 Å². The van der Waals surface area contributed by atoms with Gasteiger partial charge < -0.3 is 20.6 Å². The quantitative estimate of drug-likeness (QED) is 0.266. The van der Waals surface area contributed by atoms with Gasteiger partial charge in [-0.1, -0.05) is 54.6 Å². The van der Waals surface area contributed by atoms with Crippen LogP contribution in [0.3, 0.4) is 0 Å². The number of aliphatic hydroxyl groups is 1. The number of aryl methyl sites for hydroxylation is 1. The van der Waals surface area contributed by atoms with Crippen molar-refractivity contribution in [1.82, 2.24) is 5.32 Å². The first kappa shape index (κ1) is 31.0. The van der Waals surface area contributed by atoms with Gasteiger partial charge in [0.25, 0.3) is 5.91 Å². The third kappa shape index (κ3) is 10.6. The molecule has 0 fully saturated rings. The van der Waals surface area contributed by atoms with Crippen LogP contribution in [0.25, 0.3) is 11.1 Å². The van der Waals surface area contributed by atoms with Crippen LogP contribution in [0.2, 0.25) is 0 Å². The van der Waals surface area contributed by atoms with Gasteiger partial charge in [-0.15, -0.1) is 0 Å². The number of amides is 1. The molecule has 11 heteroatoms. The summed E-state index contributed by atoms with van der Waals surface area (Å²) in [6, 6.07) is 23.1. The van der Waals surface area contributed by atoms with Crippen LogP contribution >= 0.6 is 0 Å². The summed E-state index contributed by atoms with van der Waals surface area (Å²) in [5.41, 5.74) is 3.51. The second kappa shape index (κ2) is 14.6. The molecule has 39 heavy (non-hydrogen) atoms. The number of aliphatic hydroxyl groups excluding tert-OH is 1. The highest BCUT2D eigenvalue weighted by atomic mass is 19.4. The Morgan fingerprint density at radius 3 is 1.85 bits per heavy atom. The molecular formula is C28H27F4NO6. The van der Waals surface area contributed by atoms with Gasteiger partial charge in [-0.3, -0.25) is 9.59 Å². The molecule has 0 aliphatic heterocycles. The Bertz CT molecular complexity index is 1220. The van der Waals surface area contributed by atoms with Crippen molar-refractivity contribution in [2.45, 2.75) is 31.5 Å². The van der Waals surface area contributed by atoms with Crippen LogP contribution in [0.4, 0.5) is 17.6 Å². The fourth-order valence-electron chi connectivity index (χ4n) is 3.54. The molecular weight excluding hydrogens is 522 g/mol. The number of hydrogen-bond acceptors (Lipinski definition) is 4. The average molecular weight is 550 g/mol. The number of carbonyl (C=O) groups excluding carboxylic acids is 1. The van der Waals surface area contributed by atoms with Gasteiger partial charge in [0, 0.05) is 12.1 Å². The first-order chi connectivity index (χ1) is 18.4. The number of nitrogens with one attached hydrogen (secondary N) is 1. The first-order valence-electron chi connectivity index (χ1n) is 11.8. The van der Waals surface area contributed by atoms with Crippen molar-refractivity contribution < 1.29 is 47.3 Å². The van der Waals surface area contributed by atoms with Crippen LogP contribution in [0, 0.1) is 11.7 Å². The normalized spacial score (nSPS) is 12.4. The maximum Gasteiger partial charge on any atom is 0.490 e. The summed E-state index contributed by atoms with van der Waals surface area (Å²) >= 11 is 0. The van der Waals surface area contributed by atoms with Gasteiger partial charge in [0.2, 0.25) is 0 Å². The number of rotatable bonds is 10. The van der Waals surface area contributed by atoms with Crippen LogP contribution in [-0.4, -0.2) is 52.0 Å². The molecule has 2 unspecified atom stereocenters. The van der Waals surface area contributed by atoms with Gasteiger partial charge in [-0.25, -0.2) is 9.18 Å². The lowest BCUT2D eigenvalue weighted by atomic mass is 9.93. The molecule has 1 amide bonds. The number of carbonyl (C=O) groups is 3. The monoisotopic (exact) mass is 549 g/mol. The SMILES string of the molecule is O=C(NCCC(C(=O)O)C(O)CCc1ccc(-c2ccccc2)cc1)c1ccc(F)cc1.O=C(O)C(F)(F)F. The van der Waals surface area contributed by atoms with Gasteiger partial charge >= 0.3 is 18.1 Å². The summed E-state index contributed by atoms with van der Waals surface area (Å²) in [7, 11) is 0. The first-order valence-corrected chi connectivity index (χ1v) is 11.8. The van der Waals surface area contributed by atoms with Gasteiger partial charge in [0.05, 0.1) is 12.0 Å². The molecule has 0 aliphatic carbocycles. The summed E-state index contributed by atoms with van der Waals surface area (Å²) in [5, 5.41) is 29.7. The highest BCUT2D eigenvalue weighted by Crippen LogP contribution is 2.21. The van der Waals surface area contributed by atoms with Crippen LogP contribution in [0.15, 0.2) is 78.9 Å². The van der Waals surface area contributed by atoms with E-state index in [0.29, 0.717) is 12.8 Å². The van der Waals surface area contributed by atoms with Crippen LogP contribution in [0.5, 0.6) is 0 Å². The zero-order chi connectivity index (χ0) is 29.0. The second-order valence-corrected chi connectivity index (χ2v) is 8.47. The molecule has 0 saturated carbocycles. The number of halogens is 4. The minimum absolute atomic E-state index is 0.0933. The third-order valence-electron chi connectivity index (χ3n) is 5.66.